The van der Waals surface area contributed by atoms with Gasteiger partial charge in [0.15, 0.2) is 17.3 Å². The van der Waals surface area contributed by atoms with Gasteiger partial charge in [0, 0.05) is 17.7 Å². The number of aromatic hydroxyl groups is 4. The first-order valence-corrected chi connectivity index (χ1v) is 7.56. The van der Waals surface area contributed by atoms with Crippen LogP contribution >= 0.6 is 0 Å². The van der Waals surface area contributed by atoms with Gasteiger partial charge in [-0.15, -0.1) is 0 Å². The molecule has 0 saturated heterocycles. The van der Waals surface area contributed by atoms with Gasteiger partial charge >= 0.3 is 5.97 Å². The van der Waals surface area contributed by atoms with Crippen molar-refractivity contribution in [2.45, 2.75) is 12.3 Å². The van der Waals surface area contributed by atoms with Gasteiger partial charge in [0.2, 0.25) is 17.5 Å². The minimum absolute atomic E-state index is 0.102. The Hall–Kier alpha value is -3.51. The normalized spacial score (nSPS) is 11.9. The van der Waals surface area contributed by atoms with E-state index in [-0.39, 0.29) is 11.1 Å². The highest BCUT2D eigenvalue weighted by Crippen LogP contribution is 2.39. The number of phenols is 4. The van der Waals surface area contributed by atoms with Gasteiger partial charge in [-0.05, 0) is 18.2 Å². The van der Waals surface area contributed by atoms with Gasteiger partial charge in [0.25, 0.3) is 0 Å². The van der Waals surface area contributed by atoms with Crippen LogP contribution in [0.25, 0.3) is 22.3 Å². The summed E-state index contributed by atoms with van der Waals surface area (Å²) in [6, 6.07) is 4.95. The lowest BCUT2D eigenvalue weighted by atomic mass is 10.1. The molecule has 0 aliphatic rings. The minimum Gasteiger partial charge on any atom is -0.508 e. The largest absolute Gasteiger partial charge is 0.508 e. The van der Waals surface area contributed by atoms with E-state index in [4.69, 9.17) is 14.6 Å². The molecule has 0 bridgehead atoms. The molecule has 0 spiro atoms. The molecule has 2 aromatic carbocycles. The molecule has 0 saturated carbocycles. The fraction of sp³-hybridized carbons (Fsp3) is 0.118. The lowest BCUT2D eigenvalue weighted by Gasteiger charge is -2.24. The van der Waals surface area contributed by atoms with Crippen LogP contribution in [-0.4, -0.2) is 53.1 Å². The van der Waals surface area contributed by atoms with Crippen molar-refractivity contribution in [2.75, 3.05) is 0 Å². The average Bonchev–Trinajstić information content (AvgIpc) is 2.58. The van der Waals surface area contributed by atoms with E-state index in [0.29, 0.717) is 0 Å². The predicted molar refractivity (Wildman–Crippen MR) is 90.6 cm³/mol. The molecule has 0 aliphatic heterocycles. The zero-order valence-corrected chi connectivity index (χ0v) is 13.8. The second-order valence-corrected chi connectivity index (χ2v) is 5.77. The van der Waals surface area contributed by atoms with Crippen LogP contribution in [-0.2, 0) is 0 Å². The molecule has 11 heteroatoms. The number of fused-ring (bicyclic) bond motifs is 1. The Kier molecular flexibility index (Phi) is 4.53. The van der Waals surface area contributed by atoms with E-state index in [1.807, 2.05) is 0 Å². The third-order valence-corrected chi connectivity index (χ3v) is 3.74. The zero-order chi connectivity index (χ0) is 20.8. The zero-order valence-electron chi connectivity index (χ0n) is 13.8. The smallest absolute Gasteiger partial charge is 0.376 e. The number of aliphatic hydroxyl groups excluding tert-OH is 1. The number of hydrogen-bond acceptors (Lipinski definition) is 11. The fourth-order valence-corrected chi connectivity index (χ4v) is 2.42. The van der Waals surface area contributed by atoms with Crippen LogP contribution in [0.5, 0.6) is 28.7 Å². The van der Waals surface area contributed by atoms with Gasteiger partial charge in [0.05, 0.1) is 0 Å². The van der Waals surface area contributed by atoms with Crippen molar-refractivity contribution in [3.63, 3.8) is 0 Å². The highest BCUT2D eigenvalue weighted by atomic mass is 16.8. The van der Waals surface area contributed by atoms with E-state index in [9.17, 15) is 35.4 Å². The number of benzene rings is 2. The van der Waals surface area contributed by atoms with Crippen molar-refractivity contribution in [3.8, 4) is 40.1 Å². The van der Waals surface area contributed by atoms with Crippen LogP contribution < -0.4 is 10.2 Å². The van der Waals surface area contributed by atoms with Crippen molar-refractivity contribution in [1.29, 1.82) is 0 Å². The summed E-state index contributed by atoms with van der Waals surface area (Å²) in [4.78, 5) is 12.8. The van der Waals surface area contributed by atoms with Crippen LogP contribution in [0.4, 0.5) is 0 Å². The van der Waals surface area contributed by atoms with Crippen molar-refractivity contribution in [3.05, 3.63) is 40.6 Å². The average molecular weight is 394 g/mol. The van der Waals surface area contributed by atoms with E-state index in [0.717, 1.165) is 24.3 Å². The lowest BCUT2D eigenvalue weighted by molar-refractivity contribution is -0.381. The molecule has 1 aromatic heterocycles. The van der Waals surface area contributed by atoms with Crippen LogP contribution in [0.2, 0.25) is 0 Å². The summed E-state index contributed by atoms with van der Waals surface area (Å²) in [5, 5.41) is 75.3. The monoisotopic (exact) mass is 394 g/mol. The summed E-state index contributed by atoms with van der Waals surface area (Å²) < 4.78 is 10.0. The van der Waals surface area contributed by atoms with Gasteiger partial charge in [-0.1, -0.05) is 0 Å². The first kappa shape index (κ1) is 19.3. The molecule has 28 heavy (non-hydrogen) atoms. The molecule has 0 unspecified atom stereocenters. The first-order valence-electron chi connectivity index (χ1n) is 7.56. The van der Waals surface area contributed by atoms with Gasteiger partial charge in [-0.25, -0.2) is 0 Å². The summed E-state index contributed by atoms with van der Waals surface area (Å²) in [7, 11) is 0. The lowest BCUT2D eigenvalue weighted by Crippen LogP contribution is -2.48. The first-order chi connectivity index (χ1) is 13.0. The molecule has 0 fully saturated rings. The number of hydrogen-bond donors (Lipinski definition) is 8. The van der Waals surface area contributed by atoms with Gasteiger partial charge in [0.1, 0.15) is 22.5 Å². The molecule has 3 aromatic rings. The Labute approximate surface area is 154 Å². The van der Waals surface area contributed by atoms with Crippen LogP contribution in [0.3, 0.4) is 0 Å². The van der Waals surface area contributed by atoms with E-state index in [2.05, 4.69) is 4.74 Å². The molecule has 0 amide bonds. The Balaban J connectivity index is 2.38. The number of aliphatic hydroxyl groups is 4. The molecule has 3 rings (SSSR count). The summed E-state index contributed by atoms with van der Waals surface area (Å²) in [5.74, 6) is -7.43. The molecule has 0 aliphatic carbocycles. The summed E-state index contributed by atoms with van der Waals surface area (Å²) in [6.45, 7) is 0. The SMILES string of the molecule is O=c1c(OC(O)(O)C(O)O)c(-c2ccc(O)c(O)c2)oc2cc(O)cc(O)c12. The van der Waals surface area contributed by atoms with E-state index in [1.54, 1.807) is 0 Å². The summed E-state index contributed by atoms with van der Waals surface area (Å²) >= 11 is 0. The number of ether oxygens (including phenoxy) is 1. The second-order valence-electron chi connectivity index (χ2n) is 5.77. The van der Waals surface area contributed by atoms with Crippen LogP contribution in [0.1, 0.15) is 0 Å². The molecule has 148 valence electrons. The third kappa shape index (κ3) is 3.25. The topological polar surface area (TPSA) is 201 Å². The Morgan fingerprint density at radius 1 is 0.929 bits per heavy atom. The van der Waals surface area contributed by atoms with Crippen LogP contribution in [0, 0.1) is 0 Å². The van der Waals surface area contributed by atoms with Gasteiger partial charge in [-0.3, -0.25) is 4.79 Å². The van der Waals surface area contributed by atoms with Gasteiger partial charge in [-0.2, -0.15) is 0 Å². The van der Waals surface area contributed by atoms with Crippen molar-refractivity contribution in [2.24, 2.45) is 0 Å². The maximum absolute atomic E-state index is 12.8. The maximum atomic E-state index is 12.8. The Bertz CT molecular complexity index is 1110. The predicted octanol–water partition coefficient (Wildman–Crippen LogP) is -0.390. The fourth-order valence-electron chi connectivity index (χ4n) is 2.42. The van der Waals surface area contributed by atoms with Gasteiger partial charge < -0.3 is 50.0 Å². The highest BCUT2D eigenvalue weighted by molar-refractivity contribution is 5.88. The Morgan fingerprint density at radius 3 is 2.21 bits per heavy atom. The summed E-state index contributed by atoms with van der Waals surface area (Å²) in [5.41, 5.74) is -1.59. The highest BCUT2D eigenvalue weighted by Gasteiger charge is 2.38. The molecule has 0 radical (unpaired) electrons. The molecule has 1 heterocycles. The van der Waals surface area contributed by atoms with E-state index in [1.165, 1.54) is 6.07 Å². The number of rotatable bonds is 4. The molecular weight excluding hydrogens is 380 g/mol. The summed E-state index contributed by atoms with van der Waals surface area (Å²) in [6.07, 6.45) is -2.85. The maximum Gasteiger partial charge on any atom is 0.376 e. The van der Waals surface area contributed by atoms with Crippen molar-refractivity contribution < 1.29 is 50.0 Å². The Morgan fingerprint density at radius 2 is 1.61 bits per heavy atom. The molecule has 0 atom stereocenters. The van der Waals surface area contributed by atoms with E-state index < -0.39 is 57.6 Å². The van der Waals surface area contributed by atoms with Crippen LogP contribution in [0.15, 0.2) is 39.5 Å². The van der Waals surface area contributed by atoms with E-state index >= 15 is 0 Å². The molecule has 8 N–H and O–H groups in total. The quantitative estimate of drug-likeness (QED) is 0.211. The standard InChI is InChI=1S/C17H14O11/c18-7-4-10(21)12-11(5-7)27-14(6-1-2-8(19)9(20)3-6)15(13(12)22)28-17(25,26)16(23)24/h1-5,16,18-21,23-26H. The van der Waals surface area contributed by atoms with Crippen molar-refractivity contribution in [1.82, 2.24) is 0 Å². The minimum atomic E-state index is -3.64. The molecular formula is C17H14O11. The second kappa shape index (κ2) is 6.58. The number of phenolic OH excluding ortho intramolecular Hbond substituents is 4. The molecule has 11 nitrogen and oxygen atoms in total. The third-order valence-electron chi connectivity index (χ3n) is 3.74. The van der Waals surface area contributed by atoms with Crippen molar-refractivity contribution >= 4 is 11.0 Å².